The van der Waals surface area contributed by atoms with Gasteiger partial charge in [-0.05, 0) is 31.4 Å². The van der Waals surface area contributed by atoms with E-state index in [0.29, 0.717) is 5.92 Å². The summed E-state index contributed by atoms with van der Waals surface area (Å²) in [6.07, 6.45) is 2.48. The maximum Gasteiger partial charge on any atom is 0.109 e. The van der Waals surface area contributed by atoms with Gasteiger partial charge in [-0.2, -0.15) is 4.73 Å². The molecule has 20 heavy (non-hydrogen) atoms. The van der Waals surface area contributed by atoms with Crippen molar-refractivity contribution in [2.24, 2.45) is 0 Å². The van der Waals surface area contributed by atoms with Gasteiger partial charge in [0.25, 0.3) is 0 Å². The van der Waals surface area contributed by atoms with Crippen LogP contribution in [0.2, 0.25) is 0 Å². The van der Waals surface area contributed by atoms with E-state index in [2.05, 4.69) is 25.1 Å². The van der Waals surface area contributed by atoms with E-state index in [1.165, 1.54) is 29.7 Å². The SMILES string of the molecule is COC(c1ccccc1)c1cc(C2CC2)n(OC)c1C. The second kappa shape index (κ2) is 5.33. The quantitative estimate of drug-likeness (QED) is 0.831. The number of ether oxygens (including phenoxy) is 1. The molecule has 1 fully saturated rings. The molecule has 0 radical (unpaired) electrons. The molecule has 1 atom stereocenters. The average molecular weight is 271 g/mol. The number of aromatic nitrogens is 1. The standard InChI is InChI=1S/C17H21NO2/c1-12-15(11-16(13-9-10-13)18(12)20-3)17(19-2)14-7-5-4-6-8-14/h4-8,11,13,17H,9-10H2,1-3H3. The molecule has 3 heteroatoms. The van der Waals surface area contributed by atoms with E-state index in [-0.39, 0.29) is 6.10 Å². The van der Waals surface area contributed by atoms with Crippen LogP contribution in [0.25, 0.3) is 0 Å². The number of nitrogens with zero attached hydrogens (tertiary/aromatic N) is 1. The minimum atomic E-state index is -0.0369. The van der Waals surface area contributed by atoms with Gasteiger partial charge in [0.15, 0.2) is 0 Å². The molecule has 1 heterocycles. The summed E-state index contributed by atoms with van der Waals surface area (Å²) in [6.45, 7) is 2.10. The first-order valence-corrected chi connectivity index (χ1v) is 7.10. The van der Waals surface area contributed by atoms with Crippen molar-refractivity contribution < 1.29 is 9.57 Å². The third kappa shape index (κ3) is 2.22. The molecular formula is C17H21NO2. The van der Waals surface area contributed by atoms with Crippen LogP contribution in [-0.2, 0) is 4.74 Å². The van der Waals surface area contributed by atoms with Gasteiger partial charge in [-0.15, -0.1) is 0 Å². The lowest BCUT2D eigenvalue weighted by Gasteiger charge is -2.16. The first kappa shape index (κ1) is 13.3. The third-order valence-corrected chi connectivity index (χ3v) is 4.06. The Morgan fingerprint density at radius 2 is 1.85 bits per heavy atom. The van der Waals surface area contributed by atoms with Gasteiger partial charge in [0.1, 0.15) is 13.2 Å². The van der Waals surface area contributed by atoms with E-state index in [4.69, 9.17) is 9.57 Å². The van der Waals surface area contributed by atoms with Gasteiger partial charge in [0.2, 0.25) is 0 Å². The van der Waals surface area contributed by atoms with Crippen molar-refractivity contribution in [1.82, 2.24) is 4.73 Å². The second-order valence-electron chi connectivity index (χ2n) is 5.39. The highest BCUT2D eigenvalue weighted by atomic mass is 16.6. The zero-order valence-electron chi connectivity index (χ0n) is 12.3. The highest BCUT2D eigenvalue weighted by molar-refractivity contribution is 5.38. The van der Waals surface area contributed by atoms with Crippen molar-refractivity contribution in [3.05, 3.63) is 58.9 Å². The van der Waals surface area contributed by atoms with E-state index >= 15 is 0 Å². The summed E-state index contributed by atoms with van der Waals surface area (Å²) in [5.74, 6) is 0.649. The Morgan fingerprint density at radius 3 is 2.40 bits per heavy atom. The molecule has 1 aliphatic rings. The smallest absolute Gasteiger partial charge is 0.109 e. The van der Waals surface area contributed by atoms with Crippen LogP contribution in [0.5, 0.6) is 0 Å². The molecule has 1 aromatic heterocycles. The zero-order valence-corrected chi connectivity index (χ0v) is 12.3. The number of methoxy groups -OCH3 is 1. The van der Waals surface area contributed by atoms with Crippen LogP contribution in [-0.4, -0.2) is 19.0 Å². The number of rotatable bonds is 5. The van der Waals surface area contributed by atoms with E-state index in [1.807, 2.05) is 22.9 Å². The van der Waals surface area contributed by atoms with Gasteiger partial charge in [0, 0.05) is 18.6 Å². The Hall–Kier alpha value is -1.74. The first-order chi connectivity index (χ1) is 9.76. The van der Waals surface area contributed by atoms with Gasteiger partial charge in [-0.3, -0.25) is 0 Å². The fraction of sp³-hybridized carbons (Fsp3) is 0.412. The molecule has 1 saturated carbocycles. The molecule has 1 aliphatic carbocycles. The molecule has 0 aliphatic heterocycles. The summed E-state index contributed by atoms with van der Waals surface area (Å²) in [7, 11) is 3.49. The van der Waals surface area contributed by atoms with E-state index < -0.39 is 0 Å². The van der Waals surface area contributed by atoms with Crippen molar-refractivity contribution in [2.75, 3.05) is 14.2 Å². The van der Waals surface area contributed by atoms with Gasteiger partial charge in [-0.25, -0.2) is 0 Å². The summed E-state index contributed by atoms with van der Waals surface area (Å²) in [5, 5.41) is 0. The largest absolute Gasteiger partial charge is 0.417 e. The van der Waals surface area contributed by atoms with Gasteiger partial charge < -0.3 is 9.57 Å². The number of hydrogen-bond acceptors (Lipinski definition) is 2. The molecular weight excluding hydrogens is 250 g/mol. The Labute approximate surface area is 120 Å². The van der Waals surface area contributed by atoms with Crippen LogP contribution in [0.4, 0.5) is 0 Å². The average Bonchev–Trinajstić information content (AvgIpc) is 3.27. The predicted octanol–water partition coefficient (Wildman–Crippen LogP) is 3.47. The molecule has 1 unspecified atom stereocenters. The van der Waals surface area contributed by atoms with E-state index in [0.717, 1.165) is 5.69 Å². The topological polar surface area (TPSA) is 23.4 Å². The Morgan fingerprint density at radius 1 is 1.15 bits per heavy atom. The van der Waals surface area contributed by atoms with Crippen molar-refractivity contribution in [3.8, 4) is 0 Å². The van der Waals surface area contributed by atoms with Crippen LogP contribution in [0.1, 0.15) is 47.4 Å². The summed E-state index contributed by atoms with van der Waals surface area (Å²) in [4.78, 5) is 5.55. The minimum absolute atomic E-state index is 0.0369. The lowest BCUT2D eigenvalue weighted by Crippen LogP contribution is -2.12. The predicted molar refractivity (Wildman–Crippen MR) is 78.9 cm³/mol. The third-order valence-electron chi connectivity index (χ3n) is 4.06. The summed E-state index contributed by atoms with van der Waals surface area (Å²) in [5.41, 5.74) is 4.78. The molecule has 0 amide bonds. The van der Waals surface area contributed by atoms with Gasteiger partial charge in [-0.1, -0.05) is 30.3 Å². The summed E-state index contributed by atoms with van der Waals surface area (Å²) >= 11 is 0. The lowest BCUT2D eigenvalue weighted by molar-refractivity contribution is 0.130. The Balaban J connectivity index is 2.04. The monoisotopic (exact) mass is 271 g/mol. The normalized spacial score (nSPS) is 16.1. The maximum absolute atomic E-state index is 5.75. The molecule has 0 N–H and O–H groups in total. The second-order valence-corrected chi connectivity index (χ2v) is 5.39. The van der Waals surface area contributed by atoms with E-state index in [1.54, 1.807) is 14.2 Å². The molecule has 2 aromatic rings. The molecule has 3 rings (SSSR count). The van der Waals surface area contributed by atoms with Crippen LogP contribution < -0.4 is 4.84 Å². The van der Waals surface area contributed by atoms with Crippen LogP contribution in [0.15, 0.2) is 36.4 Å². The number of hydrogen-bond donors (Lipinski definition) is 0. The molecule has 0 saturated heterocycles. The molecule has 1 aromatic carbocycles. The Bertz CT molecular complexity index is 585. The van der Waals surface area contributed by atoms with E-state index in [9.17, 15) is 0 Å². The fourth-order valence-corrected chi connectivity index (χ4v) is 2.87. The summed E-state index contributed by atoms with van der Waals surface area (Å²) in [6, 6.07) is 12.6. The Kier molecular flexibility index (Phi) is 3.53. The highest BCUT2D eigenvalue weighted by Crippen LogP contribution is 2.43. The number of benzene rings is 1. The van der Waals surface area contributed by atoms with Crippen molar-refractivity contribution >= 4 is 0 Å². The van der Waals surface area contributed by atoms with Crippen molar-refractivity contribution in [1.29, 1.82) is 0 Å². The van der Waals surface area contributed by atoms with Gasteiger partial charge in [0.05, 0.1) is 11.4 Å². The zero-order chi connectivity index (χ0) is 14.1. The van der Waals surface area contributed by atoms with Crippen LogP contribution in [0, 0.1) is 6.92 Å². The van der Waals surface area contributed by atoms with Crippen LogP contribution in [0.3, 0.4) is 0 Å². The molecule has 106 valence electrons. The van der Waals surface area contributed by atoms with Crippen LogP contribution >= 0.6 is 0 Å². The first-order valence-electron chi connectivity index (χ1n) is 7.10. The minimum Gasteiger partial charge on any atom is -0.417 e. The summed E-state index contributed by atoms with van der Waals surface area (Å²) < 4.78 is 7.71. The van der Waals surface area contributed by atoms with Gasteiger partial charge >= 0.3 is 0 Å². The van der Waals surface area contributed by atoms with Crippen molar-refractivity contribution in [2.45, 2.75) is 31.8 Å². The maximum atomic E-state index is 5.75. The highest BCUT2D eigenvalue weighted by Gasteiger charge is 2.31. The molecule has 0 spiro atoms. The lowest BCUT2D eigenvalue weighted by atomic mass is 10.0. The molecule has 3 nitrogen and oxygen atoms in total. The fourth-order valence-electron chi connectivity index (χ4n) is 2.87. The molecule has 0 bridgehead atoms. The van der Waals surface area contributed by atoms with Crippen molar-refractivity contribution in [3.63, 3.8) is 0 Å².